The zero-order valence-corrected chi connectivity index (χ0v) is 11.7. The van der Waals surface area contributed by atoms with Crippen LogP contribution in [0.2, 0.25) is 0 Å². The number of aliphatic carboxylic acids is 1. The second-order valence-corrected chi connectivity index (χ2v) is 4.88. The van der Waals surface area contributed by atoms with Crippen molar-refractivity contribution >= 4 is 17.6 Å². The van der Waals surface area contributed by atoms with Crippen molar-refractivity contribution in [3.8, 4) is 5.75 Å². The Balaban J connectivity index is 1.89. The summed E-state index contributed by atoms with van der Waals surface area (Å²) < 4.78 is 11.2. The molecule has 0 saturated carbocycles. The minimum atomic E-state index is -0.993. The molecule has 1 saturated heterocycles. The number of nitrogens with one attached hydrogen (secondary N) is 1. The highest BCUT2D eigenvalue weighted by molar-refractivity contribution is 5.93. The molecule has 1 aromatic rings. The van der Waals surface area contributed by atoms with Gasteiger partial charge in [-0.05, 0) is 25.0 Å². The molecule has 2 rings (SSSR count). The first-order chi connectivity index (χ1) is 10.1. The number of carboxylic acid groups (broad SMARTS) is 1. The normalized spacial score (nSPS) is 17.4. The lowest BCUT2D eigenvalue weighted by molar-refractivity contribution is -0.138. The first-order valence-electron chi connectivity index (χ1n) is 7.00. The number of ether oxygens (including phenoxy) is 2. The summed E-state index contributed by atoms with van der Waals surface area (Å²) in [7, 11) is 0. The van der Waals surface area contributed by atoms with Gasteiger partial charge in [0.15, 0.2) is 0 Å². The number of carbonyl (C=O) groups excluding carboxylic acids is 1. The standard InChI is InChI=1S/C15H19NO5/c17-14(7-8-15(18)19)16-12-5-1-2-6-13(12)21-10-11-4-3-9-20-11/h1-2,5-6,11H,3-4,7-10H2,(H,16,17)(H,18,19)/t11-/m1/s1. The quantitative estimate of drug-likeness (QED) is 0.803. The number of carbonyl (C=O) groups is 2. The Labute approximate surface area is 123 Å². The molecule has 0 aromatic heterocycles. The Hall–Kier alpha value is -2.08. The van der Waals surface area contributed by atoms with Gasteiger partial charge in [0.25, 0.3) is 0 Å². The number of rotatable bonds is 7. The van der Waals surface area contributed by atoms with E-state index >= 15 is 0 Å². The Morgan fingerprint density at radius 2 is 2.14 bits per heavy atom. The molecular weight excluding hydrogens is 274 g/mol. The van der Waals surface area contributed by atoms with E-state index < -0.39 is 5.97 Å². The highest BCUT2D eigenvalue weighted by atomic mass is 16.5. The van der Waals surface area contributed by atoms with Crippen LogP contribution in [-0.2, 0) is 14.3 Å². The van der Waals surface area contributed by atoms with E-state index in [0.29, 0.717) is 18.0 Å². The summed E-state index contributed by atoms with van der Waals surface area (Å²) in [5.41, 5.74) is 0.547. The van der Waals surface area contributed by atoms with E-state index in [-0.39, 0.29) is 24.9 Å². The molecule has 0 unspecified atom stereocenters. The van der Waals surface area contributed by atoms with E-state index in [1.807, 2.05) is 6.07 Å². The predicted molar refractivity (Wildman–Crippen MR) is 76.4 cm³/mol. The highest BCUT2D eigenvalue weighted by Crippen LogP contribution is 2.25. The molecule has 114 valence electrons. The fourth-order valence-electron chi connectivity index (χ4n) is 2.09. The lowest BCUT2D eigenvalue weighted by Crippen LogP contribution is -2.18. The van der Waals surface area contributed by atoms with Gasteiger partial charge < -0.3 is 19.9 Å². The zero-order chi connectivity index (χ0) is 15.1. The highest BCUT2D eigenvalue weighted by Gasteiger charge is 2.17. The SMILES string of the molecule is O=C(O)CCC(=O)Nc1ccccc1OC[C@H]1CCCO1. The number of amides is 1. The summed E-state index contributed by atoms with van der Waals surface area (Å²) in [6.45, 7) is 1.21. The van der Waals surface area contributed by atoms with Crippen molar-refractivity contribution in [3.05, 3.63) is 24.3 Å². The zero-order valence-electron chi connectivity index (χ0n) is 11.7. The van der Waals surface area contributed by atoms with Crippen molar-refractivity contribution in [1.29, 1.82) is 0 Å². The third kappa shape index (κ3) is 5.07. The summed E-state index contributed by atoms with van der Waals surface area (Å²) in [5, 5.41) is 11.2. The van der Waals surface area contributed by atoms with Crippen LogP contribution in [0.1, 0.15) is 25.7 Å². The van der Waals surface area contributed by atoms with Gasteiger partial charge in [-0.3, -0.25) is 9.59 Å². The van der Waals surface area contributed by atoms with Gasteiger partial charge in [0.2, 0.25) is 5.91 Å². The predicted octanol–water partition coefficient (Wildman–Crippen LogP) is 2.05. The number of para-hydroxylation sites is 2. The fourth-order valence-corrected chi connectivity index (χ4v) is 2.09. The van der Waals surface area contributed by atoms with Crippen molar-refractivity contribution in [1.82, 2.24) is 0 Å². The summed E-state index contributed by atoms with van der Waals surface area (Å²) in [6.07, 6.45) is 1.87. The smallest absolute Gasteiger partial charge is 0.303 e. The van der Waals surface area contributed by atoms with Crippen LogP contribution in [0.5, 0.6) is 5.75 Å². The van der Waals surface area contributed by atoms with Gasteiger partial charge >= 0.3 is 5.97 Å². The van der Waals surface area contributed by atoms with Crippen molar-refractivity contribution in [2.24, 2.45) is 0 Å². The second-order valence-electron chi connectivity index (χ2n) is 4.88. The van der Waals surface area contributed by atoms with E-state index in [1.54, 1.807) is 18.2 Å². The van der Waals surface area contributed by atoms with Gasteiger partial charge in [-0.1, -0.05) is 12.1 Å². The first-order valence-corrected chi connectivity index (χ1v) is 7.00. The third-order valence-corrected chi connectivity index (χ3v) is 3.18. The first kappa shape index (κ1) is 15.3. The molecule has 0 bridgehead atoms. The number of carboxylic acids is 1. The molecule has 2 N–H and O–H groups in total. The minimum Gasteiger partial charge on any atom is -0.489 e. The molecule has 1 aliphatic rings. The van der Waals surface area contributed by atoms with Crippen molar-refractivity contribution in [3.63, 3.8) is 0 Å². The van der Waals surface area contributed by atoms with Crippen molar-refractivity contribution < 1.29 is 24.2 Å². The average Bonchev–Trinajstić information content (AvgIpc) is 2.97. The molecule has 1 atom stereocenters. The molecule has 1 amide bonds. The van der Waals surface area contributed by atoms with Crippen LogP contribution in [0, 0.1) is 0 Å². The van der Waals surface area contributed by atoms with Crippen LogP contribution < -0.4 is 10.1 Å². The van der Waals surface area contributed by atoms with E-state index in [4.69, 9.17) is 14.6 Å². The van der Waals surface area contributed by atoms with Crippen molar-refractivity contribution in [2.75, 3.05) is 18.5 Å². The number of anilines is 1. The Morgan fingerprint density at radius 3 is 2.86 bits per heavy atom. The van der Waals surface area contributed by atoms with E-state index in [2.05, 4.69) is 5.32 Å². The summed E-state index contributed by atoms with van der Waals surface area (Å²) >= 11 is 0. The number of benzene rings is 1. The molecule has 1 heterocycles. The largest absolute Gasteiger partial charge is 0.489 e. The summed E-state index contributed by atoms with van der Waals surface area (Å²) in [6, 6.07) is 7.09. The minimum absolute atomic E-state index is 0.0601. The Bertz CT molecular complexity index is 497. The Kier molecular flexibility index (Phi) is 5.57. The van der Waals surface area contributed by atoms with Crippen LogP contribution >= 0.6 is 0 Å². The second kappa shape index (κ2) is 7.64. The van der Waals surface area contributed by atoms with Gasteiger partial charge in [-0.2, -0.15) is 0 Å². The molecule has 6 heteroatoms. The lowest BCUT2D eigenvalue weighted by atomic mass is 10.2. The summed E-state index contributed by atoms with van der Waals surface area (Å²) in [5.74, 6) is -0.768. The number of hydrogen-bond acceptors (Lipinski definition) is 4. The van der Waals surface area contributed by atoms with Crippen LogP contribution in [0.15, 0.2) is 24.3 Å². The van der Waals surface area contributed by atoms with Gasteiger partial charge in [0.1, 0.15) is 12.4 Å². The maximum atomic E-state index is 11.7. The van der Waals surface area contributed by atoms with E-state index in [0.717, 1.165) is 19.4 Å². The third-order valence-electron chi connectivity index (χ3n) is 3.18. The molecule has 1 fully saturated rings. The number of hydrogen-bond donors (Lipinski definition) is 2. The van der Waals surface area contributed by atoms with E-state index in [9.17, 15) is 9.59 Å². The van der Waals surface area contributed by atoms with Crippen molar-refractivity contribution in [2.45, 2.75) is 31.8 Å². The van der Waals surface area contributed by atoms with Crippen LogP contribution in [0.3, 0.4) is 0 Å². The molecule has 1 aliphatic heterocycles. The van der Waals surface area contributed by atoms with Crippen LogP contribution in [-0.4, -0.2) is 36.3 Å². The van der Waals surface area contributed by atoms with Gasteiger partial charge in [0.05, 0.1) is 18.2 Å². The summed E-state index contributed by atoms with van der Waals surface area (Å²) in [4.78, 5) is 22.1. The molecule has 0 radical (unpaired) electrons. The molecular formula is C15H19NO5. The molecule has 0 spiro atoms. The van der Waals surface area contributed by atoms with Gasteiger partial charge in [-0.15, -0.1) is 0 Å². The molecule has 21 heavy (non-hydrogen) atoms. The maximum absolute atomic E-state index is 11.7. The Morgan fingerprint density at radius 1 is 1.33 bits per heavy atom. The molecule has 1 aromatic carbocycles. The van der Waals surface area contributed by atoms with Crippen LogP contribution in [0.25, 0.3) is 0 Å². The van der Waals surface area contributed by atoms with Gasteiger partial charge in [-0.25, -0.2) is 0 Å². The monoisotopic (exact) mass is 293 g/mol. The van der Waals surface area contributed by atoms with E-state index in [1.165, 1.54) is 0 Å². The maximum Gasteiger partial charge on any atom is 0.303 e. The lowest BCUT2D eigenvalue weighted by Gasteiger charge is -2.15. The molecule has 6 nitrogen and oxygen atoms in total. The molecule has 0 aliphatic carbocycles. The van der Waals surface area contributed by atoms with Crippen LogP contribution in [0.4, 0.5) is 5.69 Å². The van der Waals surface area contributed by atoms with Gasteiger partial charge in [0, 0.05) is 13.0 Å². The average molecular weight is 293 g/mol. The fraction of sp³-hybridized carbons (Fsp3) is 0.467. The topological polar surface area (TPSA) is 84.9 Å².